The van der Waals surface area contributed by atoms with Crippen LogP contribution in [-0.4, -0.2) is 84.0 Å². The molecule has 7 N–H and O–H groups in total. The van der Waals surface area contributed by atoms with Crippen LogP contribution in [-0.2, 0) is 82.5 Å². The van der Waals surface area contributed by atoms with Gasteiger partial charge in [-0.25, -0.2) is 19.4 Å². The fourth-order valence-electron chi connectivity index (χ4n) is 10.0. The van der Waals surface area contributed by atoms with Crippen LogP contribution in [0.3, 0.4) is 0 Å². The van der Waals surface area contributed by atoms with Crippen molar-refractivity contribution in [1.82, 2.24) is 27.4 Å². The van der Waals surface area contributed by atoms with Crippen molar-refractivity contribution >= 4 is 40.6 Å². The number of alkyl halides is 6. The molecule has 0 saturated heterocycles. The zero-order chi connectivity index (χ0) is 71.9. The number of methoxy groups -OCH3 is 3. The van der Waals surface area contributed by atoms with E-state index in [4.69, 9.17) is 36.5 Å². The summed E-state index contributed by atoms with van der Waals surface area (Å²) in [6.07, 6.45) is -9.76. The maximum absolute atomic E-state index is 13.1. The first-order valence-corrected chi connectivity index (χ1v) is 29.5. The zero-order valence-electron chi connectivity index (χ0n) is 53.9. The molecule has 0 amide bonds. The molecule has 0 fully saturated rings. The van der Waals surface area contributed by atoms with Gasteiger partial charge in [0.25, 0.3) is 16.7 Å². The highest BCUT2D eigenvalue weighted by Crippen LogP contribution is 2.28. The number of benzene rings is 6. The molecule has 10 rings (SSSR count). The number of carbonyl (C=O) groups excluding carboxylic acids is 1. The number of rotatable bonds is 19. The van der Waals surface area contributed by atoms with Gasteiger partial charge in [0.15, 0.2) is 0 Å². The Bertz CT molecular complexity index is 4750. The van der Waals surface area contributed by atoms with Crippen LogP contribution in [0.5, 0.6) is 28.7 Å². The van der Waals surface area contributed by atoms with Crippen LogP contribution in [0.1, 0.15) is 64.9 Å². The van der Waals surface area contributed by atoms with Crippen molar-refractivity contribution < 1.29 is 64.7 Å². The van der Waals surface area contributed by atoms with Gasteiger partial charge in [-0.2, -0.15) is 0 Å². The number of fused-ring (bicyclic) bond motifs is 1. The summed E-state index contributed by atoms with van der Waals surface area (Å²) in [7, 11) is 9.02. The number of carbonyl (C=O) groups is 2. The Balaban J connectivity index is 0.000000255. The second-order valence-electron chi connectivity index (χ2n) is 22.1. The number of anilines is 3. The lowest BCUT2D eigenvalue weighted by Gasteiger charge is -2.14. The van der Waals surface area contributed by atoms with Crippen LogP contribution < -0.4 is 74.6 Å². The van der Waals surface area contributed by atoms with Gasteiger partial charge in [-0.15, -0.1) is 26.3 Å². The number of hydrogen-bond acceptors (Lipinski definition) is 17. The molecule has 100 heavy (non-hydrogen) atoms. The minimum absolute atomic E-state index is 0. The van der Waals surface area contributed by atoms with Gasteiger partial charge in [0.2, 0.25) is 0 Å². The molecule has 532 valence electrons. The smallest absolute Gasteiger partial charge is 0.497 e. The number of nitrogens with zero attached hydrogens (tertiary/aromatic N) is 7. The topological polar surface area (TPSA) is 323 Å². The predicted octanol–water partition coefficient (Wildman–Crippen LogP) is 8.48. The highest BCUT2D eigenvalue weighted by molar-refractivity contribution is 5.94. The van der Waals surface area contributed by atoms with Gasteiger partial charge in [-0.3, -0.25) is 51.4 Å². The third-order valence-electron chi connectivity index (χ3n) is 15.0. The largest absolute Gasteiger partial charge is 0.573 e. The number of carboxylic acids is 1. The number of hydrogen-bond donors (Lipinski definition) is 4. The van der Waals surface area contributed by atoms with Gasteiger partial charge in [0, 0.05) is 52.5 Å². The first kappa shape index (κ1) is 78.8. The highest BCUT2D eigenvalue weighted by atomic mass is 19.4. The number of aromatic nitrogens is 6. The Hall–Kier alpha value is -11.9. The lowest BCUT2D eigenvalue weighted by Crippen LogP contribution is -2.42. The van der Waals surface area contributed by atoms with E-state index < -0.39 is 70.4 Å². The van der Waals surface area contributed by atoms with Gasteiger partial charge in [-0.1, -0.05) is 105 Å². The molecule has 0 saturated carbocycles. The molecule has 1 aliphatic heterocycles. The first-order valence-electron chi connectivity index (χ1n) is 29.5. The van der Waals surface area contributed by atoms with Crippen LogP contribution >= 0.6 is 0 Å². The molecule has 9 aromatic rings. The quantitative estimate of drug-likeness (QED) is 0.0551. The van der Waals surface area contributed by atoms with Crippen molar-refractivity contribution in [2.24, 2.45) is 26.1 Å². The standard InChI is InChI=1S/C23H22F3N3O5.C23H20F3N3O4.C13H16N4O3.C9H10O2.2CH4/c1-28-20(27)19(12-16(30)10-15-4-3-5-18(11-15)34-23(24,25)26)21(31)29(22(28)32)13-14-6-8-17(33-2)9-7-14;1-28-20-19(21(30)29(22(28)31)13-14-6-8-17(32-2)9-7-14)12-16(27-20)10-15-4-3-5-18(11-15)33-23(24,25)26;1-16-11(15)10(14)12(18)17(13(16)19)7-8-3-5-9(20-2)6-4-8;1-7-3-2-4-8(5-7)6-9(10)11;;/h3-9,11H,10,12-13,27H2,1-2H3;3-9,11H,10,12-13H2,1-2H3;3-6H,7,14-15H2,1-2H3;2-5H,6H2,1H3,(H,10,11);2*1H4. The lowest BCUT2D eigenvalue weighted by molar-refractivity contribution is -0.275. The van der Waals surface area contributed by atoms with Crippen LogP contribution in [0.2, 0.25) is 0 Å². The fourth-order valence-corrected chi connectivity index (χ4v) is 10.0. The van der Waals surface area contributed by atoms with E-state index in [2.05, 4.69) is 14.5 Å². The number of nitrogen functional groups attached to an aromatic ring is 3. The highest BCUT2D eigenvalue weighted by Gasteiger charge is 2.32. The number of nitrogens with two attached hydrogens (primary N) is 3. The number of aliphatic imine (C=N–C) groups is 1. The van der Waals surface area contributed by atoms with Gasteiger partial charge in [0.1, 0.15) is 57.7 Å². The Kier molecular flexibility index (Phi) is 27.1. The lowest BCUT2D eigenvalue weighted by atomic mass is 10.0. The molecule has 3 aromatic heterocycles. The predicted molar refractivity (Wildman–Crippen MR) is 367 cm³/mol. The molecular weight excluding hydrogens is 1320 g/mol. The summed E-state index contributed by atoms with van der Waals surface area (Å²) in [6, 6.07) is 39.0. The average molecular weight is 1400 g/mol. The van der Waals surface area contributed by atoms with Crippen LogP contribution in [0, 0.1) is 6.92 Å². The normalized spacial score (nSPS) is 11.3. The van der Waals surface area contributed by atoms with Crippen molar-refractivity contribution in [3.8, 4) is 28.7 Å². The van der Waals surface area contributed by atoms with E-state index in [-0.39, 0.29) is 100 Å². The zero-order valence-corrected chi connectivity index (χ0v) is 53.9. The maximum Gasteiger partial charge on any atom is 0.573 e. The van der Waals surface area contributed by atoms with Gasteiger partial charge < -0.3 is 46.0 Å². The summed E-state index contributed by atoms with van der Waals surface area (Å²) >= 11 is 0. The minimum Gasteiger partial charge on any atom is -0.497 e. The summed E-state index contributed by atoms with van der Waals surface area (Å²) < 4.78 is 105. The summed E-state index contributed by atoms with van der Waals surface area (Å²) in [5, 5.41) is 8.46. The Morgan fingerprint density at radius 2 is 0.890 bits per heavy atom. The Morgan fingerprint density at radius 3 is 1.33 bits per heavy atom. The number of carboxylic acid groups (broad SMARTS) is 1. The summed E-state index contributed by atoms with van der Waals surface area (Å²) in [6.45, 7) is 2.12. The molecule has 0 atom stereocenters. The summed E-state index contributed by atoms with van der Waals surface area (Å²) in [5.41, 5.74) is 19.5. The first-order chi connectivity index (χ1) is 46.3. The SMILES string of the molecule is C.C.COc1ccc(Cn2c(=O)c(CC(=O)Cc3cccc(OC(F)(F)F)c3)c(N)n(C)c2=O)cc1.COc1ccc(Cn2c(=O)c(N)c(N)n(C)c2=O)cc1.COc1ccc(Cn2c(=O)c3c(n(C)c2=O)N=C(Cc2cccc(OC(F)(F)F)c2)C3)cc1.Cc1cccc(CC(=O)O)c1. The second-order valence-corrected chi connectivity index (χ2v) is 22.1. The molecule has 30 heteroatoms. The molecule has 0 bridgehead atoms. The van der Waals surface area contributed by atoms with E-state index >= 15 is 0 Å². The van der Waals surface area contributed by atoms with Crippen molar-refractivity contribution in [2.75, 3.05) is 38.5 Å². The van der Waals surface area contributed by atoms with E-state index in [1.165, 1.54) is 63.2 Å². The molecular formula is C70H76F6N10O14. The Labute approximate surface area is 568 Å². The van der Waals surface area contributed by atoms with Crippen LogP contribution in [0.4, 0.5) is 49.5 Å². The fraction of sp³-hybridized carbons (Fsp3) is 0.271. The van der Waals surface area contributed by atoms with Crippen LogP contribution in [0.15, 0.2) is 179 Å². The molecule has 0 spiro atoms. The number of aliphatic carboxylic acids is 1. The molecule has 1 aliphatic rings. The Morgan fingerprint density at radius 1 is 0.490 bits per heavy atom. The molecule has 0 radical (unpaired) electrons. The molecule has 24 nitrogen and oxygen atoms in total. The average Bonchev–Trinajstić information content (AvgIpc) is 1.60. The number of ether oxygens (including phenoxy) is 5. The van der Waals surface area contributed by atoms with Gasteiger partial charge in [-0.05, 0) is 101 Å². The van der Waals surface area contributed by atoms with E-state index in [1.807, 2.05) is 31.2 Å². The molecule has 4 heterocycles. The number of aryl methyl sites for hydroxylation is 1. The third-order valence-corrected chi connectivity index (χ3v) is 15.0. The number of halogens is 6. The van der Waals surface area contributed by atoms with Crippen molar-refractivity contribution in [2.45, 2.75) is 86.2 Å². The van der Waals surface area contributed by atoms with Crippen molar-refractivity contribution in [1.29, 1.82) is 0 Å². The third kappa shape index (κ3) is 21.1. The second kappa shape index (κ2) is 34.4. The molecule has 0 aliphatic carbocycles. The van der Waals surface area contributed by atoms with E-state index in [0.717, 1.165) is 57.2 Å². The van der Waals surface area contributed by atoms with Crippen molar-refractivity contribution in [3.05, 3.63) is 258 Å². The van der Waals surface area contributed by atoms with Gasteiger partial charge >= 0.3 is 35.8 Å². The summed E-state index contributed by atoms with van der Waals surface area (Å²) in [5.74, 6) is 0.0341. The molecule has 0 unspecified atom stereocenters. The van der Waals surface area contributed by atoms with E-state index in [0.29, 0.717) is 39.7 Å². The van der Waals surface area contributed by atoms with E-state index in [9.17, 15) is 64.7 Å². The van der Waals surface area contributed by atoms with Crippen molar-refractivity contribution in [3.63, 3.8) is 0 Å². The van der Waals surface area contributed by atoms with E-state index in [1.54, 1.807) is 93.1 Å². The number of ketones is 1. The minimum atomic E-state index is -4.86. The van der Waals surface area contributed by atoms with Gasteiger partial charge in [0.05, 0.1) is 58.5 Å². The van der Waals surface area contributed by atoms with Crippen LogP contribution in [0.25, 0.3) is 0 Å². The maximum atomic E-state index is 13.1. The summed E-state index contributed by atoms with van der Waals surface area (Å²) in [4.78, 5) is 103. The monoisotopic (exact) mass is 1390 g/mol. The molecule has 6 aromatic carbocycles. The number of Topliss-reactive ketones (excluding diaryl/α,β-unsaturated/α-hetero) is 1.